The number of alkyl carbamates (subject to hydrolysis) is 2. The molecule has 0 spiro atoms. The molecule has 0 aromatic heterocycles. The van der Waals surface area contributed by atoms with E-state index in [1.807, 2.05) is 41.3 Å². The number of carbonyl (C=O) groups is 3. The molecule has 0 bridgehead atoms. The van der Waals surface area contributed by atoms with Gasteiger partial charge in [-0.2, -0.15) is 0 Å². The SMILES string of the molecule is CC(C)(C)OC(=O)NCC1CN(CC(NC(=O)OCC2c3ccccc3-c3ccccc32)C(=O)O)C1. The number of carbonyl (C=O) groups excluding carboxylic acids is 2. The molecule has 1 atom stereocenters. The van der Waals surface area contributed by atoms with Crippen LogP contribution in [0, 0.1) is 5.92 Å². The summed E-state index contributed by atoms with van der Waals surface area (Å²) in [5, 5.41) is 14.8. The molecule has 2 aliphatic rings. The lowest BCUT2D eigenvalue weighted by Gasteiger charge is -2.40. The molecule has 36 heavy (non-hydrogen) atoms. The smallest absolute Gasteiger partial charge is 0.407 e. The van der Waals surface area contributed by atoms with Crippen molar-refractivity contribution in [2.45, 2.75) is 38.3 Å². The number of fused-ring (bicyclic) bond motifs is 3. The molecule has 4 rings (SSSR count). The third-order valence-corrected chi connectivity index (χ3v) is 6.34. The molecule has 1 heterocycles. The maximum atomic E-state index is 12.5. The van der Waals surface area contributed by atoms with E-state index in [0.717, 1.165) is 22.3 Å². The van der Waals surface area contributed by atoms with Gasteiger partial charge in [-0.15, -0.1) is 0 Å². The second kappa shape index (κ2) is 10.6. The number of nitrogens with one attached hydrogen (secondary N) is 2. The Hall–Kier alpha value is -3.59. The largest absolute Gasteiger partial charge is 0.480 e. The van der Waals surface area contributed by atoms with Crippen LogP contribution in [0.1, 0.15) is 37.8 Å². The molecule has 1 aliphatic carbocycles. The van der Waals surface area contributed by atoms with E-state index < -0.39 is 29.8 Å². The maximum Gasteiger partial charge on any atom is 0.407 e. The van der Waals surface area contributed by atoms with Crippen LogP contribution >= 0.6 is 0 Å². The van der Waals surface area contributed by atoms with Crippen LogP contribution < -0.4 is 10.6 Å². The van der Waals surface area contributed by atoms with Crippen molar-refractivity contribution in [2.75, 3.05) is 32.8 Å². The fraction of sp³-hybridized carbons (Fsp3) is 0.444. The van der Waals surface area contributed by atoms with Crippen LogP contribution in [0.15, 0.2) is 48.5 Å². The summed E-state index contributed by atoms with van der Waals surface area (Å²) in [6.45, 7) is 7.35. The van der Waals surface area contributed by atoms with Gasteiger partial charge >= 0.3 is 18.2 Å². The van der Waals surface area contributed by atoms with Gasteiger partial charge in [0.1, 0.15) is 18.2 Å². The van der Waals surface area contributed by atoms with E-state index in [2.05, 4.69) is 22.8 Å². The number of hydrogen-bond acceptors (Lipinski definition) is 6. The minimum absolute atomic E-state index is 0.0972. The van der Waals surface area contributed by atoms with Gasteiger partial charge in [-0.1, -0.05) is 48.5 Å². The highest BCUT2D eigenvalue weighted by Gasteiger charge is 2.33. The van der Waals surface area contributed by atoms with Gasteiger partial charge in [-0.25, -0.2) is 14.4 Å². The highest BCUT2D eigenvalue weighted by molar-refractivity contribution is 5.81. The zero-order valence-corrected chi connectivity index (χ0v) is 20.8. The summed E-state index contributed by atoms with van der Waals surface area (Å²) in [5.41, 5.74) is 3.87. The van der Waals surface area contributed by atoms with E-state index >= 15 is 0 Å². The molecule has 1 fully saturated rings. The standard InChI is InChI=1S/C27H33N3O6/c1-27(2,3)36-25(33)28-12-17-13-30(14-17)15-23(24(31)32)29-26(34)35-16-22-20-10-6-4-8-18(20)19-9-5-7-11-21(19)22/h4-11,17,22-23H,12-16H2,1-3H3,(H,28,33)(H,29,34)(H,31,32). The molecule has 1 unspecified atom stereocenters. The number of likely N-dealkylation sites (tertiary alicyclic amines) is 1. The number of hydrogen-bond donors (Lipinski definition) is 3. The van der Waals surface area contributed by atoms with E-state index in [1.54, 1.807) is 20.8 Å². The van der Waals surface area contributed by atoms with Crippen LogP contribution in [0.25, 0.3) is 11.1 Å². The Morgan fingerprint density at radius 2 is 1.58 bits per heavy atom. The molecule has 9 heteroatoms. The number of rotatable bonds is 8. The van der Waals surface area contributed by atoms with Gasteiger partial charge in [0.05, 0.1) is 0 Å². The molecular weight excluding hydrogens is 462 g/mol. The molecule has 192 valence electrons. The first-order valence-electron chi connectivity index (χ1n) is 12.1. The quantitative estimate of drug-likeness (QED) is 0.514. The Labute approximate surface area is 210 Å². The normalized spacial score (nSPS) is 16.3. The molecule has 1 aliphatic heterocycles. The molecule has 1 saturated heterocycles. The Kier molecular flexibility index (Phi) is 7.49. The molecule has 9 nitrogen and oxygen atoms in total. The van der Waals surface area contributed by atoms with E-state index in [1.165, 1.54) is 0 Å². The number of amides is 2. The number of benzene rings is 2. The van der Waals surface area contributed by atoms with Gasteiger partial charge in [0.15, 0.2) is 0 Å². The summed E-state index contributed by atoms with van der Waals surface area (Å²) < 4.78 is 10.7. The first kappa shape index (κ1) is 25.5. The molecule has 2 amide bonds. The van der Waals surface area contributed by atoms with Crippen LogP contribution in [0.4, 0.5) is 9.59 Å². The highest BCUT2D eigenvalue weighted by Crippen LogP contribution is 2.44. The van der Waals surface area contributed by atoms with Crippen molar-refractivity contribution < 1.29 is 29.0 Å². The van der Waals surface area contributed by atoms with Gasteiger partial charge in [-0.3, -0.25) is 4.90 Å². The lowest BCUT2D eigenvalue weighted by Crippen LogP contribution is -2.57. The van der Waals surface area contributed by atoms with Crippen LogP contribution in [0.3, 0.4) is 0 Å². The zero-order chi connectivity index (χ0) is 25.9. The number of carboxylic acids is 1. The Bertz CT molecular complexity index is 1080. The van der Waals surface area contributed by atoms with E-state index in [9.17, 15) is 19.5 Å². The first-order valence-corrected chi connectivity index (χ1v) is 12.1. The highest BCUT2D eigenvalue weighted by atomic mass is 16.6. The van der Waals surface area contributed by atoms with Gasteiger partial charge < -0.3 is 25.2 Å². The maximum absolute atomic E-state index is 12.5. The molecular formula is C27H33N3O6. The number of nitrogens with zero attached hydrogens (tertiary/aromatic N) is 1. The Morgan fingerprint density at radius 1 is 1.00 bits per heavy atom. The van der Waals surface area contributed by atoms with Crippen molar-refractivity contribution in [1.82, 2.24) is 15.5 Å². The van der Waals surface area contributed by atoms with Crippen molar-refractivity contribution in [3.05, 3.63) is 59.7 Å². The fourth-order valence-corrected chi connectivity index (χ4v) is 4.72. The Balaban J connectivity index is 1.24. The van der Waals surface area contributed by atoms with Crippen molar-refractivity contribution in [3.63, 3.8) is 0 Å². The fourth-order valence-electron chi connectivity index (χ4n) is 4.72. The van der Waals surface area contributed by atoms with Crippen molar-refractivity contribution in [1.29, 1.82) is 0 Å². The number of aliphatic carboxylic acids is 1. The monoisotopic (exact) mass is 495 g/mol. The lowest BCUT2D eigenvalue weighted by molar-refractivity contribution is -0.140. The number of ether oxygens (including phenoxy) is 2. The summed E-state index contributed by atoms with van der Waals surface area (Å²) in [4.78, 5) is 38.0. The third-order valence-electron chi connectivity index (χ3n) is 6.34. The molecule has 0 radical (unpaired) electrons. The van der Waals surface area contributed by atoms with Gasteiger partial charge in [0.25, 0.3) is 0 Å². The second-order valence-electron chi connectivity index (χ2n) is 10.3. The third kappa shape index (κ3) is 6.15. The predicted octanol–water partition coefficient (Wildman–Crippen LogP) is 3.43. The second-order valence-corrected chi connectivity index (χ2v) is 10.3. The summed E-state index contributed by atoms with van der Waals surface area (Å²) >= 11 is 0. The molecule has 3 N–H and O–H groups in total. The summed E-state index contributed by atoms with van der Waals surface area (Å²) in [7, 11) is 0. The van der Waals surface area contributed by atoms with Crippen LogP contribution in [-0.2, 0) is 14.3 Å². The Morgan fingerprint density at radius 3 is 2.14 bits per heavy atom. The number of carboxylic acid groups (broad SMARTS) is 1. The summed E-state index contributed by atoms with van der Waals surface area (Å²) in [6.07, 6.45) is -1.23. The van der Waals surface area contributed by atoms with Crippen LogP contribution in [0.5, 0.6) is 0 Å². The average molecular weight is 496 g/mol. The van der Waals surface area contributed by atoms with E-state index in [4.69, 9.17) is 9.47 Å². The van der Waals surface area contributed by atoms with Gasteiger partial charge in [0, 0.05) is 38.0 Å². The van der Waals surface area contributed by atoms with E-state index in [0.29, 0.717) is 19.6 Å². The van der Waals surface area contributed by atoms with Crippen molar-refractivity contribution in [3.8, 4) is 11.1 Å². The van der Waals surface area contributed by atoms with Crippen LogP contribution in [-0.4, -0.2) is 72.6 Å². The zero-order valence-electron chi connectivity index (χ0n) is 20.8. The first-order chi connectivity index (χ1) is 17.1. The van der Waals surface area contributed by atoms with Gasteiger partial charge in [-0.05, 0) is 43.0 Å². The van der Waals surface area contributed by atoms with E-state index in [-0.39, 0.29) is 25.0 Å². The molecule has 2 aromatic carbocycles. The summed E-state index contributed by atoms with van der Waals surface area (Å²) in [5.74, 6) is -1.03. The minimum atomic E-state index is -1.13. The topological polar surface area (TPSA) is 117 Å². The molecule has 2 aromatic rings. The summed E-state index contributed by atoms with van der Waals surface area (Å²) in [6, 6.07) is 15.0. The van der Waals surface area contributed by atoms with Gasteiger partial charge in [0.2, 0.25) is 0 Å². The minimum Gasteiger partial charge on any atom is -0.480 e. The van der Waals surface area contributed by atoms with Crippen molar-refractivity contribution >= 4 is 18.2 Å². The van der Waals surface area contributed by atoms with Crippen molar-refractivity contribution in [2.24, 2.45) is 5.92 Å². The average Bonchev–Trinajstić information content (AvgIpc) is 3.10. The molecule has 0 saturated carbocycles. The lowest BCUT2D eigenvalue weighted by atomic mass is 9.98. The van der Waals surface area contributed by atoms with Crippen LogP contribution in [0.2, 0.25) is 0 Å². The predicted molar refractivity (Wildman–Crippen MR) is 134 cm³/mol.